The Morgan fingerprint density at radius 2 is 1.82 bits per heavy atom. The van der Waals surface area contributed by atoms with Crippen molar-refractivity contribution in [1.29, 1.82) is 0 Å². The largest absolute Gasteiger partial charge is 0.493 e. The molecule has 0 bridgehead atoms. The maximum atomic E-state index is 14.2. The zero-order chi connectivity index (χ0) is 12.4. The first-order valence-corrected chi connectivity index (χ1v) is 5.90. The van der Waals surface area contributed by atoms with E-state index in [1.807, 2.05) is 19.1 Å². The van der Waals surface area contributed by atoms with Crippen LogP contribution in [-0.2, 0) is 0 Å². The van der Waals surface area contributed by atoms with Gasteiger partial charge in [0.25, 0.3) is 0 Å². The maximum absolute atomic E-state index is 14.2. The Balaban J connectivity index is 2.27. The molecule has 1 saturated heterocycles. The van der Waals surface area contributed by atoms with Crippen LogP contribution in [0.2, 0.25) is 0 Å². The van der Waals surface area contributed by atoms with E-state index in [0.29, 0.717) is 11.4 Å². The van der Waals surface area contributed by atoms with Crippen LogP contribution in [-0.4, -0.2) is 45.2 Å². The summed E-state index contributed by atoms with van der Waals surface area (Å²) < 4.78 is 19.4. The van der Waals surface area contributed by atoms with Gasteiger partial charge in [0.1, 0.15) is 0 Å². The van der Waals surface area contributed by atoms with Gasteiger partial charge in [-0.05, 0) is 25.6 Å². The van der Waals surface area contributed by atoms with Gasteiger partial charge in [-0.15, -0.1) is 0 Å². The number of benzene rings is 1. The van der Waals surface area contributed by atoms with Crippen molar-refractivity contribution >= 4 is 5.69 Å². The third-order valence-electron chi connectivity index (χ3n) is 3.32. The van der Waals surface area contributed by atoms with Gasteiger partial charge in [0.05, 0.1) is 12.8 Å². The molecule has 1 aromatic rings. The SMILES string of the molecule is COc1c(C)ccc(N2CCN(C)CC2)c1F. The first kappa shape index (κ1) is 12.2. The van der Waals surface area contributed by atoms with Crippen LogP contribution in [0.3, 0.4) is 0 Å². The molecule has 0 amide bonds. The molecule has 3 nitrogen and oxygen atoms in total. The van der Waals surface area contributed by atoms with E-state index < -0.39 is 0 Å². The summed E-state index contributed by atoms with van der Waals surface area (Å²) in [5.41, 5.74) is 1.49. The lowest BCUT2D eigenvalue weighted by molar-refractivity contribution is 0.311. The molecule has 2 rings (SSSR count). The average molecular weight is 238 g/mol. The third kappa shape index (κ3) is 2.36. The standard InChI is InChI=1S/C13H19FN2O/c1-10-4-5-11(12(14)13(10)17-3)16-8-6-15(2)7-9-16/h4-5H,6-9H2,1-3H3. The van der Waals surface area contributed by atoms with Crippen molar-refractivity contribution in [2.45, 2.75) is 6.92 Å². The number of likely N-dealkylation sites (N-methyl/N-ethyl adjacent to an activating group) is 1. The zero-order valence-corrected chi connectivity index (χ0v) is 10.7. The summed E-state index contributed by atoms with van der Waals surface area (Å²) >= 11 is 0. The van der Waals surface area contributed by atoms with Crippen LogP contribution in [0.15, 0.2) is 12.1 Å². The third-order valence-corrected chi connectivity index (χ3v) is 3.32. The molecule has 0 aromatic heterocycles. The molecule has 0 radical (unpaired) electrons. The van der Waals surface area contributed by atoms with Crippen molar-refractivity contribution in [3.8, 4) is 5.75 Å². The van der Waals surface area contributed by atoms with Crippen LogP contribution >= 0.6 is 0 Å². The van der Waals surface area contributed by atoms with E-state index in [0.717, 1.165) is 31.7 Å². The summed E-state index contributed by atoms with van der Waals surface area (Å²) in [5.74, 6) is 0.124. The predicted molar refractivity (Wildman–Crippen MR) is 67.4 cm³/mol. The molecule has 1 heterocycles. The van der Waals surface area contributed by atoms with E-state index in [9.17, 15) is 4.39 Å². The summed E-state index contributed by atoms with van der Waals surface area (Å²) in [6.07, 6.45) is 0. The van der Waals surface area contributed by atoms with Crippen molar-refractivity contribution in [2.24, 2.45) is 0 Å². The van der Waals surface area contributed by atoms with Crippen LogP contribution in [0.5, 0.6) is 5.75 Å². The Morgan fingerprint density at radius 1 is 1.18 bits per heavy atom. The molecule has 1 aromatic carbocycles. The van der Waals surface area contributed by atoms with E-state index in [4.69, 9.17) is 4.74 Å². The molecule has 1 aliphatic rings. The smallest absolute Gasteiger partial charge is 0.188 e. The first-order chi connectivity index (χ1) is 8.13. The lowest BCUT2D eigenvalue weighted by atomic mass is 10.1. The second-order valence-corrected chi connectivity index (χ2v) is 4.54. The molecule has 0 saturated carbocycles. The normalized spacial score (nSPS) is 17.3. The Labute approximate surface area is 102 Å². The number of nitrogens with zero attached hydrogens (tertiary/aromatic N) is 2. The van der Waals surface area contributed by atoms with Gasteiger partial charge in [-0.3, -0.25) is 0 Å². The summed E-state index contributed by atoms with van der Waals surface area (Å²) in [7, 11) is 3.60. The fourth-order valence-corrected chi connectivity index (χ4v) is 2.18. The minimum atomic E-state index is -0.239. The number of ether oxygens (including phenoxy) is 1. The molecule has 1 fully saturated rings. The first-order valence-electron chi connectivity index (χ1n) is 5.90. The number of anilines is 1. The highest BCUT2D eigenvalue weighted by Gasteiger charge is 2.20. The van der Waals surface area contributed by atoms with Gasteiger partial charge in [0, 0.05) is 26.2 Å². The lowest BCUT2D eigenvalue weighted by Crippen LogP contribution is -2.44. The van der Waals surface area contributed by atoms with Crippen LogP contribution < -0.4 is 9.64 Å². The van der Waals surface area contributed by atoms with Crippen LogP contribution in [0.4, 0.5) is 10.1 Å². The molecule has 0 atom stereocenters. The molecule has 0 unspecified atom stereocenters. The highest BCUT2D eigenvalue weighted by molar-refractivity contribution is 5.55. The van der Waals surface area contributed by atoms with E-state index >= 15 is 0 Å². The fraction of sp³-hybridized carbons (Fsp3) is 0.538. The summed E-state index contributed by atoms with van der Waals surface area (Å²) in [5, 5.41) is 0. The molecule has 0 spiro atoms. The molecule has 4 heteroatoms. The van der Waals surface area contributed by atoms with Crippen LogP contribution in [0.1, 0.15) is 5.56 Å². The Bertz CT molecular complexity index is 401. The van der Waals surface area contributed by atoms with Crippen LogP contribution in [0.25, 0.3) is 0 Å². The predicted octanol–water partition coefficient (Wildman–Crippen LogP) is 1.89. The van der Waals surface area contributed by atoms with Gasteiger partial charge in [0.2, 0.25) is 0 Å². The number of rotatable bonds is 2. The van der Waals surface area contributed by atoms with Crippen molar-refractivity contribution in [3.05, 3.63) is 23.5 Å². The van der Waals surface area contributed by atoms with Gasteiger partial charge in [-0.1, -0.05) is 6.07 Å². The topological polar surface area (TPSA) is 15.7 Å². The number of piperazine rings is 1. The van der Waals surface area contributed by atoms with Crippen LogP contribution in [0, 0.1) is 12.7 Å². The molecule has 1 aliphatic heterocycles. The lowest BCUT2D eigenvalue weighted by Gasteiger charge is -2.34. The van der Waals surface area contributed by atoms with Crippen molar-refractivity contribution in [2.75, 3.05) is 45.2 Å². The second-order valence-electron chi connectivity index (χ2n) is 4.54. The molecular formula is C13H19FN2O. The molecule has 0 N–H and O–H groups in total. The quantitative estimate of drug-likeness (QED) is 0.782. The summed E-state index contributed by atoms with van der Waals surface area (Å²) in [4.78, 5) is 4.33. The molecule has 94 valence electrons. The minimum Gasteiger partial charge on any atom is -0.493 e. The zero-order valence-electron chi connectivity index (χ0n) is 10.7. The highest BCUT2D eigenvalue weighted by Crippen LogP contribution is 2.31. The van der Waals surface area contributed by atoms with Crippen molar-refractivity contribution < 1.29 is 9.13 Å². The Morgan fingerprint density at radius 3 is 2.41 bits per heavy atom. The van der Waals surface area contributed by atoms with Crippen molar-refractivity contribution in [3.63, 3.8) is 0 Å². The Kier molecular flexibility index (Phi) is 3.52. The number of hydrogen-bond acceptors (Lipinski definition) is 3. The molecule has 0 aliphatic carbocycles. The van der Waals surface area contributed by atoms with E-state index in [-0.39, 0.29) is 5.82 Å². The Hall–Kier alpha value is -1.29. The monoisotopic (exact) mass is 238 g/mol. The van der Waals surface area contributed by atoms with Gasteiger partial charge < -0.3 is 14.5 Å². The molecule has 17 heavy (non-hydrogen) atoms. The average Bonchev–Trinajstić information content (AvgIpc) is 2.31. The van der Waals surface area contributed by atoms with Gasteiger partial charge >= 0.3 is 0 Å². The van der Waals surface area contributed by atoms with Gasteiger partial charge in [-0.25, -0.2) is 4.39 Å². The summed E-state index contributed by atoms with van der Waals surface area (Å²) in [6.45, 7) is 5.51. The van der Waals surface area contributed by atoms with E-state index in [2.05, 4.69) is 16.8 Å². The summed E-state index contributed by atoms with van der Waals surface area (Å²) in [6, 6.07) is 3.76. The fourth-order valence-electron chi connectivity index (χ4n) is 2.18. The van der Waals surface area contributed by atoms with Gasteiger partial charge in [-0.2, -0.15) is 0 Å². The van der Waals surface area contributed by atoms with Gasteiger partial charge in [0.15, 0.2) is 11.6 Å². The second kappa shape index (κ2) is 4.92. The highest BCUT2D eigenvalue weighted by atomic mass is 19.1. The number of hydrogen-bond donors (Lipinski definition) is 0. The number of halogens is 1. The van der Waals surface area contributed by atoms with E-state index in [1.54, 1.807) is 0 Å². The minimum absolute atomic E-state index is 0.239. The maximum Gasteiger partial charge on any atom is 0.188 e. The van der Waals surface area contributed by atoms with Crippen molar-refractivity contribution in [1.82, 2.24) is 4.90 Å². The molecular weight excluding hydrogens is 219 g/mol. The van der Waals surface area contributed by atoms with E-state index in [1.165, 1.54) is 7.11 Å². The number of methoxy groups -OCH3 is 1. The number of aryl methyl sites for hydroxylation is 1.